The molecule has 1 aromatic carbocycles. The lowest BCUT2D eigenvalue weighted by atomic mass is 9.99. The van der Waals surface area contributed by atoms with Gasteiger partial charge in [0.2, 0.25) is 0 Å². The molecule has 0 aliphatic carbocycles. The second-order valence-corrected chi connectivity index (χ2v) is 5.89. The van der Waals surface area contributed by atoms with Gasteiger partial charge in [-0.25, -0.2) is 4.39 Å². The van der Waals surface area contributed by atoms with Crippen molar-refractivity contribution in [1.82, 2.24) is 15.8 Å². The number of benzene rings is 1. The number of nitrogens with one attached hydrogen (secondary N) is 2. The molecule has 2 rings (SSSR count). The number of halogens is 1. The van der Waals surface area contributed by atoms with E-state index in [0.29, 0.717) is 37.3 Å². The molecule has 1 heterocycles. The first-order valence-electron chi connectivity index (χ1n) is 8.94. The zero-order chi connectivity index (χ0) is 18.8. The van der Waals surface area contributed by atoms with Crippen LogP contribution in [0.15, 0.2) is 39.8 Å². The molecule has 0 radical (unpaired) electrons. The average Bonchev–Trinajstić information content (AvgIpc) is 3.11. The van der Waals surface area contributed by atoms with Gasteiger partial charge >= 0.3 is 0 Å². The third kappa shape index (κ3) is 6.06. The quantitative estimate of drug-likeness (QED) is 0.406. The molecule has 0 atom stereocenters. The molecule has 7 heteroatoms. The number of hydrogen-bond donors (Lipinski definition) is 2. The minimum atomic E-state index is -0.312. The van der Waals surface area contributed by atoms with Crippen molar-refractivity contribution in [3.8, 4) is 5.75 Å². The Labute approximate surface area is 153 Å². The molecule has 0 amide bonds. The van der Waals surface area contributed by atoms with E-state index in [1.165, 1.54) is 12.1 Å². The van der Waals surface area contributed by atoms with Gasteiger partial charge in [0.25, 0.3) is 0 Å². The third-order valence-corrected chi connectivity index (χ3v) is 4.09. The highest BCUT2D eigenvalue weighted by atomic mass is 19.1. The van der Waals surface area contributed by atoms with Crippen LogP contribution < -0.4 is 15.4 Å². The van der Waals surface area contributed by atoms with Gasteiger partial charge in [-0.2, -0.15) is 0 Å². The van der Waals surface area contributed by atoms with Crippen molar-refractivity contribution >= 4 is 5.96 Å². The molecule has 26 heavy (non-hydrogen) atoms. The van der Waals surface area contributed by atoms with Crippen LogP contribution in [0.4, 0.5) is 4.39 Å². The van der Waals surface area contributed by atoms with E-state index in [4.69, 9.17) is 9.26 Å². The Kier molecular flexibility index (Phi) is 7.92. The predicted octanol–water partition coefficient (Wildman–Crippen LogP) is 3.46. The molecule has 0 bridgehead atoms. The third-order valence-electron chi connectivity index (χ3n) is 4.09. The van der Waals surface area contributed by atoms with Gasteiger partial charge in [0.1, 0.15) is 18.2 Å². The molecular weight excluding hydrogens is 335 g/mol. The van der Waals surface area contributed by atoms with Crippen molar-refractivity contribution in [1.29, 1.82) is 0 Å². The number of ether oxygens (including phenoxy) is 1. The van der Waals surface area contributed by atoms with E-state index in [9.17, 15) is 4.39 Å². The van der Waals surface area contributed by atoms with Crippen LogP contribution in [-0.4, -0.2) is 31.3 Å². The van der Waals surface area contributed by atoms with Crippen LogP contribution in [0.25, 0.3) is 0 Å². The highest BCUT2D eigenvalue weighted by Crippen LogP contribution is 2.22. The van der Waals surface area contributed by atoms with Crippen molar-refractivity contribution in [3.63, 3.8) is 0 Å². The Hall–Kier alpha value is -2.57. The molecule has 0 saturated heterocycles. The summed E-state index contributed by atoms with van der Waals surface area (Å²) in [6.07, 6.45) is 2.09. The van der Waals surface area contributed by atoms with Crippen LogP contribution >= 0.6 is 0 Å². The fourth-order valence-electron chi connectivity index (χ4n) is 2.60. The maximum Gasteiger partial charge on any atom is 0.191 e. The monoisotopic (exact) mass is 362 g/mol. The molecular formula is C19H27FN4O2. The Morgan fingerprint density at radius 1 is 1.27 bits per heavy atom. The molecule has 1 aromatic heterocycles. The van der Waals surface area contributed by atoms with E-state index in [1.807, 2.05) is 6.07 Å². The zero-order valence-corrected chi connectivity index (χ0v) is 15.6. The van der Waals surface area contributed by atoms with Crippen LogP contribution in [-0.2, 0) is 6.54 Å². The van der Waals surface area contributed by atoms with E-state index < -0.39 is 0 Å². The van der Waals surface area contributed by atoms with Gasteiger partial charge in [-0.05, 0) is 25.0 Å². The summed E-state index contributed by atoms with van der Waals surface area (Å²) in [5, 5.41) is 10.5. The van der Waals surface area contributed by atoms with E-state index in [0.717, 1.165) is 24.3 Å². The number of hydrogen-bond acceptors (Lipinski definition) is 4. The molecule has 0 saturated carbocycles. The maximum absolute atomic E-state index is 13.1. The molecule has 142 valence electrons. The summed E-state index contributed by atoms with van der Waals surface area (Å²) in [5.74, 6) is 2.03. The summed E-state index contributed by atoms with van der Waals surface area (Å²) in [4.78, 5) is 4.15. The molecule has 0 aliphatic rings. The average molecular weight is 362 g/mol. The first-order chi connectivity index (χ1) is 12.7. The summed E-state index contributed by atoms with van der Waals surface area (Å²) in [6, 6.07) is 8.07. The van der Waals surface area contributed by atoms with E-state index >= 15 is 0 Å². The van der Waals surface area contributed by atoms with Crippen molar-refractivity contribution in [3.05, 3.63) is 47.6 Å². The highest BCUT2D eigenvalue weighted by Gasteiger charge is 2.13. The van der Waals surface area contributed by atoms with Crippen molar-refractivity contribution in [2.75, 3.05) is 20.2 Å². The SMILES string of the molecule is CCC(CC)c1cc(CNC(=NC)NCCOc2cccc(F)c2)on1. The van der Waals surface area contributed by atoms with Crippen molar-refractivity contribution < 1.29 is 13.7 Å². The summed E-state index contributed by atoms with van der Waals surface area (Å²) in [6.45, 7) is 5.73. The van der Waals surface area contributed by atoms with Gasteiger partial charge in [0, 0.05) is 25.1 Å². The van der Waals surface area contributed by atoms with Crippen LogP contribution in [0.1, 0.15) is 44.1 Å². The number of aromatic nitrogens is 1. The normalized spacial score (nSPS) is 11.7. The lowest BCUT2D eigenvalue weighted by Crippen LogP contribution is -2.38. The largest absolute Gasteiger partial charge is 0.492 e. The number of guanidine groups is 1. The number of aliphatic imine (C=N–C) groups is 1. The number of nitrogens with zero attached hydrogens (tertiary/aromatic N) is 2. The highest BCUT2D eigenvalue weighted by molar-refractivity contribution is 5.79. The number of rotatable bonds is 9. The Morgan fingerprint density at radius 2 is 2.08 bits per heavy atom. The lowest BCUT2D eigenvalue weighted by molar-refractivity contribution is 0.320. The lowest BCUT2D eigenvalue weighted by Gasteiger charge is -2.11. The van der Waals surface area contributed by atoms with Gasteiger partial charge in [0.05, 0.1) is 18.8 Å². The van der Waals surface area contributed by atoms with Gasteiger partial charge in [-0.1, -0.05) is 25.1 Å². The van der Waals surface area contributed by atoms with E-state index in [1.54, 1.807) is 19.2 Å². The van der Waals surface area contributed by atoms with Gasteiger partial charge in [0.15, 0.2) is 11.7 Å². The topological polar surface area (TPSA) is 71.7 Å². The molecule has 6 nitrogen and oxygen atoms in total. The minimum absolute atomic E-state index is 0.312. The molecule has 0 fully saturated rings. The van der Waals surface area contributed by atoms with Crippen molar-refractivity contribution in [2.45, 2.75) is 39.2 Å². The summed E-state index contributed by atoms with van der Waals surface area (Å²) < 4.78 is 23.9. The smallest absolute Gasteiger partial charge is 0.191 e. The van der Waals surface area contributed by atoms with Gasteiger partial charge in [-0.3, -0.25) is 4.99 Å². The summed E-state index contributed by atoms with van der Waals surface area (Å²) >= 11 is 0. The molecule has 2 N–H and O–H groups in total. The molecule has 0 spiro atoms. The van der Waals surface area contributed by atoms with E-state index in [-0.39, 0.29) is 5.82 Å². The van der Waals surface area contributed by atoms with Crippen molar-refractivity contribution in [2.24, 2.45) is 4.99 Å². The second-order valence-electron chi connectivity index (χ2n) is 5.89. The van der Waals surface area contributed by atoms with Gasteiger partial charge < -0.3 is 19.9 Å². The Morgan fingerprint density at radius 3 is 2.77 bits per heavy atom. The zero-order valence-electron chi connectivity index (χ0n) is 15.6. The Balaban J connectivity index is 1.72. The summed E-state index contributed by atoms with van der Waals surface area (Å²) in [5.41, 5.74) is 0.998. The first kappa shape index (κ1) is 19.8. The molecule has 0 unspecified atom stereocenters. The summed E-state index contributed by atoms with van der Waals surface area (Å²) in [7, 11) is 1.69. The van der Waals surface area contributed by atoms with Gasteiger partial charge in [-0.15, -0.1) is 0 Å². The van der Waals surface area contributed by atoms with Crippen LogP contribution in [0.2, 0.25) is 0 Å². The van der Waals surface area contributed by atoms with E-state index in [2.05, 4.69) is 34.6 Å². The predicted molar refractivity (Wildman–Crippen MR) is 99.9 cm³/mol. The van der Waals surface area contributed by atoms with Crippen LogP contribution in [0.5, 0.6) is 5.75 Å². The standard InChI is InChI=1S/C19H27FN4O2/c1-4-14(5-2)18-12-17(26-24-18)13-23-19(21-3)22-9-10-25-16-8-6-7-15(20)11-16/h6-8,11-12,14H,4-5,9-10,13H2,1-3H3,(H2,21,22,23). The minimum Gasteiger partial charge on any atom is -0.492 e. The van der Waals surface area contributed by atoms with Crippen LogP contribution in [0, 0.1) is 5.82 Å². The molecule has 0 aliphatic heterocycles. The Bertz CT molecular complexity index is 698. The maximum atomic E-state index is 13.1. The first-order valence-corrected chi connectivity index (χ1v) is 8.94. The fourth-order valence-corrected chi connectivity index (χ4v) is 2.60. The molecule has 2 aromatic rings. The fraction of sp³-hybridized carbons (Fsp3) is 0.474. The second kappa shape index (κ2) is 10.4. The van der Waals surface area contributed by atoms with Crippen LogP contribution in [0.3, 0.4) is 0 Å².